The summed E-state index contributed by atoms with van der Waals surface area (Å²) in [5.41, 5.74) is 1.57. The van der Waals surface area contributed by atoms with E-state index in [4.69, 9.17) is 0 Å². The molecule has 106 valence electrons. The zero-order chi connectivity index (χ0) is 15.0. The van der Waals surface area contributed by atoms with Crippen LogP contribution in [0, 0.1) is 10.1 Å². The summed E-state index contributed by atoms with van der Waals surface area (Å²) < 4.78 is 0. The van der Waals surface area contributed by atoms with Crippen LogP contribution in [0.4, 0.5) is 5.69 Å². The summed E-state index contributed by atoms with van der Waals surface area (Å²) in [7, 11) is 0. The first-order valence-corrected chi connectivity index (χ1v) is 6.72. The maximum atomic E-state index is 10.6. The Bertz CT molecular complexity index is 518. The zero-order valence-corrected chi connectivity index (χ0v) is 12.5. The van der Waals surface area contributed by atoms with E-state index in [2.05, 4.69) is 9.97 Å². The molecule has 0 saturated heterocycles. The molecule has 1 N–H and O–H groups in total. The van der Waals surface area contributed by atoms with Crippen LogP contribution < -0.4 is 0 Å². The predicted molar refractivity (Wildman–Crippen MR) is 79.5 cm³/mol. The van der Waals surface area contributed by atoms with Crippen LogP contribution in [0.3, 0.4) is 0 Å². The molecule has 0 aliphatic rings. The van der Waals surface area contributed by atoms with Crippen LogP contribution in [0.2, 0.25) is 0 Å². The first kappa shape index (κ1) is 17.1. The minimum absolute atomic E-state index is 0.0847. The summed E-state index contributed by atoms with van der Waals surface area (Å²) in [6, 6.07) is 4.64. The van der Waals surface area contributed by atoms with Crippen LogP contribution in [-0.2, 0) is 0 Å². The second-order valence-electron chi connectivity index (χ2n) is 3.74. The summed E-state index contributed by atoms with van der Waals surface area (Å²) in [5, 5.41) is 10.6. The Balaban J connectivity index is 0.000000741. The van der Waals surface area contributed by atoms with E-state index in [1.165, 1.54) is 12.1 Å². The minimum Gasteiger partial charge on any atom is -0.342 e. The van der Waals surface area contributed by atoms with Crippen molar-refractivity contribution < 1.29 is 4.92 Å². The molecular weight excluding hydrogens is 242 g/mol. The Morgan fingerprint density at radius 3 is 2.26 bits per heavy atom. The molecule has 0 aliphatic heterocycles. The van der Waals surface area contributed by atoms with Crippen LogP contribution in [0.15, 0.2) is 18.2 Å². The molecule has 19 heavy (non-hydrogen) atoms. The van der Waals surface area contributed by atoms with Gasteiger partial charge >= 0.3 is 0 Å². The highest BCUT2D eigenvalue weighted by Gasteiger charge is 2.10. The number of nitro groups is 1. The molecule has 0 radical (unpaired) electrons. The lowest BCUT2D eigenvalue weighted by atomic mass is 10.2. The van der Waals surface area contributed by atoms with Crippen LogP contribution in [-0.4, -0.2) is 14.9 Å². The van der Waals surface area contributed by atoms with Gasteiger partial charge in [0.2, 0.25) is 0 Å². The van der Waals surface area contributed by atoms with Crippen LogP contribution in [0.5, 0.6) is 0 Å². The number of rotatable bonds is 2. The largest absolute Gasteiger partial charge is 0.342 e. The average Bonchev–Trinajstić information content (AvgIpc) is 2.86. The van der Waals surface area contributed by atoms with E-state index in [9.17, 15) is 10.1 Å². The molecule has 1 heterocycles. The van der Waals surface area contributed by atoms with Gasteiger partial charge < -0.3 is 4.98 Å². The van der Waals surface area contributed by atoms with E-state index >= 15 is 0 Å². The lowest BCUT2D eigenvalue weighted by molar-refractivity contribution is -0.384. The number of nitro benzene ring substituents is 1. The molecule has 2 aromatic rings. The van der Waals surface area contributed by atoms with Gasteiger partial charge in [-0.15, -0.1) is 0 Å². The van der Waals surface area contributed by atoms with Gasteiger partial charge in [0.05, 0.1) is 16.0 Å². The summed E-state index contributed by atoms with van der Waals surface area (Å²) in [6.45, 7) is 12.0. The van der Waals surface area contributed by atoms with Crippen molar-refractivity contribution in [3.63, 3.8) is 0 Å². The Morgan fingerprint density at radius 1 is 1.21 bits per heavy atom. The van der Waals surface area contributed by atoms with Crippen molar-refractivity contribution in [3.05, 3.63) is 34.1 Å². The Hall–Kier alpha value is -1.91. The van der Waals surface area contributed by atoms with Crippen molar-refractivity contribution in [1.82, 2.24) is 9.97 Å². The fraction of sp³-hybridized carbons (Fsp3) is 0.500. The number of benzene rings is 1. The summed E-state index contributed by atoms with van der Waals surface area (Å²) in [4.78, 5) is 17.6. The number of imidazole rings is 1. The third-order valence-corrected chi connectivity index (χ3v) is 2.24. The van der Waals surface area contributed by atoms with Crippen molar-refractivity contribution in [2.24, 2.45) is 0 Å². The lowest BCUT2D eigenvalue weighted by Gasteiger charge is -1.95. The third kappa shape index (κ3) is 4.35. The smallest absolute Gasteiger partial charge is 0.271 e. The van der Waals surface area contributed by atoms with Gasteiger partial charge in [-0.1, -0.05) is 41.5 Å². The first-order chi connectivity index (χ1) is 9.08. The second-order valence-corrected chi connectivity index (χ2v) is 3.74. The van der Waals surface area contributed by atoms with E-state index < -0.39 is 4.92 Å². The SMILES string of the molecule is CC.CC.CC(C)c1nc2ccc([N+](=O)[O-])cc2[nH]1. The van der Waals surface area contributed by atoms with Gasteiger partial charge in [-0.05, 0) is 6.07 Å². The number of non-ortho nitro benzene ring substituents is 1. The van der Waals surface area contributed by atoms with Crippen LogP contribution >= 0.6 is 0 Å². The Kier molecular flexibility index (Phi) is 7.41. The van der Waals surface area contributed by atoms with Crippen LogP contribution in [0.25, 0.3) is 11.0 Å². The zero-order valence-electron chi connectivity index (χ0n) is 12.5. The quantitative estimate of drug-likeness (QED) is 0.634. The molecule has 0 atom stereocenters. The van der Waals surface area contributed by atoms with E-state index in [1.807, 2.05) is 41.5 Å². The molecule has 0 bridgehead atoms. The van der Waals surface area contributed by atoms with Gasteiger partial charge in [0.15, 0.2) is 0 Å². The van der Waals surface area contributed by atoms with Gasteiger partial charge in [0.1, 0.15) is 5.82 Å². The Labute approximate surface area is 114 Å². The fourth-order valence-electron chi connectivity index (χ4n) is 1.40. The summed E-state index contributed by atoms with van der Waals surface area (Å²) in [6.07, 6.45) is 0. The van der Waals surface area contributed by atoms with E-state index in [1.54, 1.807) is 6.07 Å². The number of aromatic nitrogens is 2. The highest BCUT2D eigenvalue weighted by molar-refractivity contribution is 5.77. The van der Waals surface area contributed by atoms with Gasteiger partial charge in [-0.2, -0.15) is 0 Å². The number of H-pyrrole nitrogens is 1. The van der Waals surface area contributed by atoms with Crippen molar-refractivity contribution >= 4 is 16.7 Å². The van der Waals surface area contributed by atoms with Crippen molar-refractivity contribution in [2.45, 2.75) is 47.5 Å². The maximum Gasteiger partial charge on any atom is 0.271 e. The highest BCUT2D eigenvalue weighted by Crippen LogP contribution is 2.21. The minimum atomic E-state index is -0.407. The van der Waals surface area contributed by atoms with Gasteiger partial charge in [0, 0.05) is 18.1 Å². The van der Waals surface area contributed by atoms with Gasteiger partial charge in [0.25, 0.3) is 5.69 Å². The Morgan fingerprint density at radius 2 is 1.79 bits per heavy atom. The molecule has 0 fully saturated rings. The van der Waals surface area contributed by atoms with Crippen LogP contribution in [0.1, 0.15) is 53.3 Å². The predicted octanol–water partition coefficient (Wildman–Crippen LogP) is 4.65. The molecule has 0 aliphatic carbocycles. The summed E-state index contributed by atoms with van der Waals surface area (Å²) in [5.74, 6) is 1.14. The highest BCUT2D eigenvalue weighted by atomic mass is 16.6. The normalized spacial score (nSPS) is 9.42. The number of hydrogen-bond acceptors (Lipinski definition) is 3. The maximum absolute atomic E-state index is 10.6. The standard InChI is InChI=1S/C10H11N3O2.2C2H6/c1-6(2)10-11-8-4-3-7(13(14)15)5-9(8)12-10;2*1-2/h3-6H,1-2H3,(H,11,12);2*1-2H3. The topological polar surface area (TPSA) is 71.8 Å². The molecule has 5 nitrogen and oxygen atoms in total. The average molecular weight is 265 g/mol. The molecular formula is C14H23N3O2. The molecule has 0 unspecified atom stereocenters. The number of fused-ring (bicyclic) bond motifs is 1. The summed E-state index contributed by atoms with van der Waals surface area (Å²) >= 11 is 0. The van der Waals surface area contributed by atoms with Gasteiger partial charge in [-0.25, -0.2) is 4.98 Å². The molecule has 5 heteroatoms. The lowest BCUT2D eigenvalue weighted by Crippen LogP contribution is -1.88. The number of aromatic amines is 1. The number of hydrogen-bond donors (Lipinski definition) is 1. The van der Waals surface area contributed by atoms with Crippen molar-refractivity contribution in [3.8, 4) is 0 Å². The van der Waals surface area contributed by atoms with Crippen molar-refractivity contribution in [2.75, 3.05) is 0 Å². The molecule has 1 aromatic carbocycles. The van der Waals surface area contributed by atoms with E-state index in [0.717, 1.165) is 11.3 Å². The first-order valence-electron chi connectivity index (χ1n) is 6.72. The number of nitrogens with one attached hydrogen (secondary N) is 1. The van der Waals surface area contributed by atoms with E-state index in [0.29, 0.717) is 5.52 Å². The molecule has 0 amide bonds. The molecule has 0 spiro atoms. The molecule has 2 rings (SSSR count). The third-order valence-electron chi connectivity index (χ3n) is 2.24. The fourth-order valence-corrected chi connectivity index (χ4v) is 1.40. The molecule has 0 saturated carbocycles. The molecule has 1 aromatic heterocycles. The van der Waals surface area contributed by atoms with Crippen molar-refractivity contribution in [1.29, 1.82) is 0 Å². The monoisotopic (exact) mass is 265 g/mol. The second kappa shape index (κ2) is 8.24. The van der Waals surface area contributed by atoms with E-state index in [-0.39, 0.29) is 11.6 Å². The van der Waals surface area contributed by atoms with Gasteiger partial charge in [-0.3, -0.25) is 10.1 Å². The number of nitrogens with zero attached hydrogens (tertiary/aromatic N) is 2.